The van der Waals surface area contributed by atoms with E-state index in [4.69, 9.17) is 16.6 Å². The van der Waals surface area contributed by atoms with Gasteiger partial charge in [-0.25, -0.2) is 0 Å². The number of hydrogen-bond donors (Lipinski definition) is 4. The van der Waals surface area contributed by atoms with Crippen LogP contribution in [0.15, 0.2) is 0 Å². The summed E-state index contributed by atoms with van der Waals surface area (Å²) in [5.74, 6) is 1.82. The Balaban J connectivity index is 2.85. The molecule has 0 bridgehead atoms. The molecule has 1 unspecified atom stereocenters. The minimum Gasteiger partial charge on any atom is -0.394 e. The van der Waals surface area contributed by atoms with Crippen LogP contribution in [-0.2, 0) is 4.74 Å². The first-order valence-electron chi connectivity index (χ1n) is 3.39. The van der Waals surface area contributed by atoms with Crippen LogP contribution in [0, 0.1) is 12.3 Å². The first-order valence-corrected chi connectivity index (χ1v) is 3.39. The summed E-state index contributed by atoms with van der Waals surface area (Å²) in [6, 6.07) is 0. The van der Waals surface area contributed by atoms with Crippen molar-refractivity contribution < 1.29 is 25.2 Å². The molecule has 5 heteroatoms. The number of aliphatic hydroxyl groups is 4. The van der Waals surface area contributed by atoms with Crippen molar-refractivity contribution in [1.82, 2.24) is 0 Å². The molecule has 0 radical (unpaired) electrons. The highest BCUT2D eigenvalue weighted by atomic mass is 16.7. The van der Waals surface area contributed by atoms with Crippen LogP contribution < -0.4 is 0 Å². The highest BCUT2D eigenvalue weighted by Crippen LogP contribution is 2.28. The van der Waals surface area contributed by atoms with Crippen LogP contribution in [0.25, 0.3) is 0 Å². The fraction of sp³-hybridized carbons (Fsp3) is 0.714. The number of terminal acetylenes is 1. The average Bonchev–Trinajstić information content (AvgIpc) is 2.30. The van der Waals surface area contributed by atoms with Crippen molar-refractivity contribution in [3.63, 3.8) is 0 Å². The van der Waals surface area contributed by atoms with Crippen LogP contribution in [0.3, 0.4) is 0 Å². The molecular weight excluding hydrogens is 164 g/mol. The zero-order valence-corrected chi connectivity index (χ0v) is 6.21. The topological polar surface area (TPSA) is 90.2 Å². The lowest BCUT2D eigenvalue weighted by Crippen LogP contribution is -2.47. The van der Waals surface area contributed by atoms with Gasteiger partial charge in [0.1, 0.15) is 12.2 Å². The molecule has 68 valence electrons. The first-order chi connectivity index (χ1) is 5.56. The summed E-state index contributed by atoms with van der Waals surface area (Å²) in [6.45, 7) is -0.512. The summed E-state index contributed by atoms with van der Waals surface area (Å²) in [7, 11) is 0. The Bertz CT molecular complexity index is 210. The van der Waals surface area contributed by atoms with Crippen molar-refractivity contribution in [2.24, 2.45) is 0 Å². The molecule has 0 aromatic rings. The van der Waals surface area contributed by atoms with E-state index in [1.54, 1.807) is 0 Å². The molecule has 5 nitrogen and oxygen atoms in total. The lowest BCUT2D eigenvalue weighted by Gasteiger charge is -2.21. The van der Waals surface area contributed by atoms with E-state index in [-0.39, 0.29) is 0 Å². The van der Waals surface area contributed by atoms with Crippen molar-refractivity contribution in [2.45, 2.75) is 24.1 Å². The first kappa shape index (κ1) is 9.45. The third-order valence-electron chi connectivity index (χ3n) is 1.89. The van der Waals surface area contributed by atoms with Gasteiger partial charge >= 0.3 is 0 Å². The Labute approximate surface area is 69.2 Å². The van der Waals surface area contributed by atoms with E-state index in [0.29, 0.717) is 0 Å². The SMILES string of the molecule is C#C[C@]1(O)C(O)O[C@H](CO)[C@H]1O. The Kier molecular flexibility index (Phi) is 2.37. The predicted molar refractivity (Wildman–Crippen MR) is 37.8 cm³/mol. The second kappa shape index (κ2) is 3.01. The summed E-state index contributed by atoms with van der Waals surface area (Å²) >= 11 is 0. The largest absolute Gasteiger partial charge is 0.394 e. The van der Waals surface area contributed by atoms with Crippen LogP contribution >= 0.6 is 0 Å². The fourth-order valence-corrected chi connectivity index (χ4v) is 1.07. The van der Waals surface area contributed by atoms with E-state index in [1.165, 1.54) is 0 Å². The number of ether oxygens (including phenoxy) is 1. The smallest absolute Gasteiger partial charge is 0.204 e. The molecule has 0 saturated carbocycles. The molecule has 4 atom stereocenters. The summed E-state index contributed by atoms with van der Waals surface area (Å²) in [5, 5.41) is 36.2. The molecule has 4 N–H and O–H groups in total. The molecule has 1 aliphatic rings. The normalized spacial score (nSPS) is 47.4. The highest BCUT2D eigenvalue weighted by Gasteiger charge is 2.53. The zero-order chi connectivity index (χ0) is 9.35. The van der Waals surface area contributed by atoms with Crippen molar-refractivity contribution in [3.8, 4) is 12.3 Å². The molecule has 0 spiro atoms. The second-order valence-electron chi connectivity index (χ2n) is 2.62. The number of hydrogen-bond acceptors (Lipinski definition) is 5. The maximum Gasteiger partial charge on any atom is 0.204 e. The standard InChI is InChI=1S/C7H10O5/c1-2-7(11)5(9)4(3-8)12-6(7)10/h1,4-6,8-11H,3H2/t4-,5-,6?,7-/m1/s1. The van der Waals surface area contributed by atoms with Gasteiger partial charge in [0.25, 0.3) is 0 Å². The van der Waals surface area contributed by atoms with Gasteiger partial charge in [0.15, 0.2) is 6.29 Å². The van der Waals surface area contributed by atoms with Crippen LogP contribution in [0.4, 0.5) is 0 Å². The lowest BCUT2D eigenvalue weighted by molar-refractivity contribution is -0.154. The average molecular weight is 174 g/mol. The van der Waals surface area contributed by atoms with Gasteiger partial charge in [-0.15, -0.1) is 6.42 Å². The molecule has 1 saturated heterocycles. The van der Waals surface area contributed by atoms with Crippen molar-refractivity contribution in [2.75, 3.05) is 6.61 Å². The maximum absolute atomic E-state index is 9.37. The van der Waals surface area contributed by atoms with Crippen molar-refractivity contribution in [1.29, 1.82) is 0 Å². The minimum absolute atomic E-state index is 0.512. The quantitative estimate of drug-likeness (QED) is 0.328. The van der Waals surface area contributed by atoms with Gasteiger partial charge in [-0.1, -0.05) is 5.92 Å². The Morgan fingerprint density at radius 2 is 2.08 bits per heavy atom. The van der Waals surface area contributed by atoms with E-state index < -0.39 is 30.7 Å². The van der Waals surface area contributed by atoms with Crippen LogP contribution in [0.2, 0.25) is 0 Å². The predicted octanol–water partition coefficient (Wildman–Crippen LogP) is -2.58. The van der Waals surface area contributed by atoms with Gasteiger partial charge in [0, 0.05) is 0 Å². The second-order valence-corrected chi connectivity index (χ2v) is 2.62. The molecule has 0 aliphatic carbocycles. The monoisotopic (exact) mass is 174 g/mol. The van der Waals surface area contributed by atoms with Crippen molar-refractivity contribution >= 4 is 0 Å². The van der Waals surface area contributed by atoms with E-state index in [2.05, 4.69) is 4.74 Å². The fourth-order valence-electron chi connectivity index (χ4n) is 1.07. The van der Waals surface area contributed by atoms with Crippen LogP contribution in [0.1, 0.15) is 0 Å². The van der Waals surface area contributed by atoms with E-state index >= 15 is 0 Å². The lowest BCUT2D eigenvalue weighted by atomic mass is 9.97. The summed E-state index contributed by atoms with van der Waals surface area (Å²) in [5.41, 5.74) is -2.12. The molecule has 1 fully saturated rings. The molecule has 1 heterocycles. The molecular formula is C7H10O5. The van der Waals surface area contributed by atoms with E-state index in [9.17, 15) is 10.2 Å². The molecule has 12 heavy (non-hydrogen) atoms. The molecule has 0 aromatic heterocycles. The zero-order valence-electron chi connectivity index (χ0n) is 6.21. The van der Waals surface area contributed by atoms with Crippen LogP contribution in [-0.4, -0.2) is 51.1 Å². The third kappa shape index (κ3) is 1.10. The van der Waals surface area contributed by atoms with Gasteiger partial charge in [-0.2, -0.15) is 0 Å². The van der Waals surface area contributed by atoms with E-state index in [0.717, 1.165) is 0 Å². The van der Waals surface area contributed by atoms with Crippen molar-refractivity contribution in [3.05, 3.63) is 0 Å². The van der Waals surface area contributed by atoms with Gasteiger partial charge in [-0.05, 0) is 0 Å². The molecule has 1 rings (SSSR count). The minimum atomic E-state index is -2.12. The Morgan fingerprint density at radius 3 is 2.33 bits per heavy atom. The maximum atomic E-state index is 9.37. The highest BCUT2D eigenvalue weighted by molar-refractivity contribution is 5.17. The third-order valence-corrected chi connectivity index (χ3v) is 1.89. The van der Waals surface area contributed by atoms with Gasteiger partial charge in [0.2, 0.25) is 5.60 Å². The van der Waals surface area contributed by atoms with Gasteiger partial charge in [0.05, 0.1) is 6.61 Å². The Morgan fingerprint density at radius 1 is 1.50 bits per heavy atom. The summed E-state index contributed by atoms with van der Waals surface area (Å²) in [6.07, 6.45) is 0.716. The number of rotatable bonds is 1. The van der Waals surface area contributed by atoms with Gasteiger partial charge < -0.3 is 25.2 Å². The van der Waals surface area contributed by atoms with Gasteiger partial charge in [-0.3, -0.25) is 0 Å². The van der Waals surface area contributed by atoms with E-state index in [1.807, 2.05) is 5.92 Å². The molecule has 0 amide bonds. The summed E-state index contributed by atoms with van der Waals surface area (Å²) in [4.78, 5) is 0. The molecule has 0 aromatic carbocycles. The Hall–Kier alpha value is -0.640. The number of aliphatic hydroxyl groups excluding tert-OH is 3. The van der Waals surface area contributed by atoms with Crippen LogP contribution in [0.5, 0.6) is 0 Å². The molecule has 1 aliphatic heterocycles. The summed E-state index contributed by atoms with van der Waals surface area (Å²) < 4.78 is 4.59.